The van der Waals surface area contributed by atoms with E-state index in [2.05, 4.69) is 11.2 Å². The SMILES string of the molecule is CSCCSCc1cnc(C)c(O)c1CO. The van der Waals surface area contributed by atoms with Crippen molar-refractivity contribution < 1.29 is 10.2 Å². The number of thioether (sulfide) groups is 2. The van der Waals surface area contributed by atoms with Crippen molar-refractivity contribution in [3.8, 4) is 5.75 Å². The van der Waals surface area contributed by atoms with Gasteiger partial charge in [0, 0.05) is 29.0 Å². The van der Waals surface area contributed by atoms with Crippen molar-refractivity contribution in [3.63, 3.8) is 0 Å². The van der Waals surface area contributed by atoms with Crippen molar-refractivity contribution in [2.24, 2.45) is 0 Å². The van der Waals surface area contributed by atoms with Crippen molar-refractivity contribution in [2.45, 2.75) is 19.3 Å². The molecule has 3 nitrogen and oxygen atoms in total. The van der Waals surface area contributed by atoms with Crippen LogP contribution < -0.4 is 0 Å². The van der Waals surface area contributed by atoms with Gasteiger partial charge in [-0.1, -0.05) is 0 Å². The van der Waals surface area contributed by atoms with Crippen LogP contribution in [0.1, 0.15) is 16.8 Å². The molecule has 0 fully saturated rings. The Morgan fingerprint density at radius 3 is 2.75 bits per heavy atom. The molecule has 0 aromatic carbocycles. The maximum absolute atomic E-state index is 9.75. The summed E-state index contributed by atoms with van der Waals surface area (Å²) in [5, 5.41) is 19.0. The molecule has 90 valence electrons. The van der Waals surface area contributed by atoms with E-state index in [-0.39, 0.29) is 12.4 Å². The molecule has 1 aromatic heterocycles. The standard InChI is InChI=1S/C11H17NO2S2/c1-8-11(14)10(6-13)9(5-12-8)7-16-4-3-15-2/h5,13-14H,3-4,6-7H2,1-2H3. The van der Waals surface area contributed by atoms with Crippen LogP contribution in [0, 0.1) is 6.92 Å². The molecule has 0 saturated carbocycles. The quantitative estimate of drug-likeness (QED) is 0.767. The topological polar surface area (TPSA) is 53.4 Å². The molecule has 0 aliphatic carbocycles. The Balaban J connectivity index is 2.68. The lowest BCUT2D eigenvalue weighted by atomic mass is 10.1. The van der Waals surface area contributed by atoms with E-state index in [0.717, 1.165) is 22.8 Å². The zero-order valence-electron chi connectivity index (χ0n) is 9.56. The van der Waals surface area contributed by atoms with E-state index in [9.17, 15) is 10.2 Å². The monoisotopic (exact) mass is 259 g/mol. The van der Waals surface area contributed by atoms with Crippen LogP contribution in [0.5, 0.6) is 5.75 Å². The molecule has 0 aliphatic rings. The highest BCUT2D eigenvalue weighted by molar-refractivity contribution is 8.02. The van der Waals surface area contributed by atoms with Crippen LogP contribution in [0.15, 0.2) is 6.20 Å². The van der Waals surface area contributed by atoms with Gasteiger partial charge in [-0.05, 0) is 18.7 Å². The molecule has 0 unspecified atom stereocenters. The lowest BCUT2D eigenvalue weighted by molar-refractivity contribution is 0.274. The fraction of sp³-hybridized carbons (Fsp3) is 0.545. The van der Waals surface area contributed by atoms with Gasteiger partial charge in [0.2, 0.25) is 0 Å². The third kappa shape index (κ3) is 3.57. The zero-order valence-corrected chi connectivity index (χ0v) is 11.2. The van der Waals surface area contributed by atoms with Gasteiger partial charge in [0.05, 0.1) is 12.3 Å². The van der Waals surface area contributed by atoms with Gasteiger partial charge in [-0.15, -0.1) is 0 Å². The number of aliphatic hydroxyl groups excluding tert-OH is 1. The van der Waals surface area contributed by atoms with E-state index in [1.165, 1.54) is 0 Å². The molecule has 0 radical (unpaired) electrons. The van der Waals surface area contributed by atoms with Crippen LogP contribution in [-0.4, -0.2) is 33.0 Å². The maximum atomic E-state index is 9.75. The highest BCUT2D eigenvalue weighted by atomic mass is 32.2. The van der Waals surface area contributed by atoms with Crippen molar-refractivity contribution in [3.05, 3.63) is 23.0 Å². The minimum Gasteiger partial charge on any atom is -0.506 e. The molecule has 0 spiro atoms. The number of hydrogen-bond donors (Lipinski definition) is 2. The van der Waals surface area contributed by atoms with Gasteiger partial charge in [-0.3, -0.25) is 4.98 Å². The zero-order chi connectivity index (χ0) is 12.0. The summed E-state index contributed by atoms with van der Waals surface area (Å²) in [6, 6.07) is 0. The molecular weight excluding hydrogens is 242 g/mol. The van der Waals surface area contributed by atoms with Gasteiger partial charge < -0.3 is 10.2 Å². The Bertz CT molecular complexity index is 345. The number of aliphatic hydroxyl groups is 1. The number of rotatable bonds is 6. The lowest BCUT2D eigenvalue weighted by Crippen LogP contribution is -1.98. The normalized spacial score (nSPS) is 10.7. The predicted molar refractivity (Wildman–Crippen MR) is 71.1 cm³/mol. The summed E-state index contributed by atoms with van der Waals surface area (Å²) < 4.78 is 0. The maximum Gasteiger partial charge on any atom is 0.142 e. The van der Waals surface area contributed by atoms with Gasteiger partial charge >= 0.3 is 0 Å². The second-order valence-electron chi connectivity index (χ2n) is 3.40. The molecule has 0 saturated heterocycles. The van der Waals surface area contributed by atoms with Crippen molar-refractivity contribution in [1.29, 1.82) is 0 Å². The first-order valence-electron chi connectivity index (χ1n) is 5.04. The van der Waals surface area contributed by atoms with E-state index in [1.807, 2.05) is 11.8 Å². The van der Waals surface area contributed by atoms with Gasteiger partial charge in [-0.25, -0.2) is 0 Å². The van der Waals surface area contributed by atoms with Gasteiger partial charge in [-0.2, -0.15) is 23.5 Å². The van der Waals surface area contributed by atoms with Crippen molar-refractivity contribution >= 4 is 23.5 Å². The average Bonchev–Trinajstić information content (AvgIpc) is 2.29. The van der Waals surface area contributed by atoms with Crippen molar-refractivity contribution in [1.82, 2.24) is 4.98 Å². The second-order valence-corrected chi connectivity index (χ2v) is 5.49. The lowest BCUT2D eigenvalue weighted by Gasteiger charge is -2.10. The summed E-state index contributed by atoms with van der Waals surface area (Å²) in [5.74, 6) is 3.10. The fourth-order valence-corrected chi connectivity index (χ4v) is 3.06. The molecule has 1 heterocycles. The van der Waals surface area contributed by atoms with Gasteiger partial charge in [0.1, 0.15) is 5.75 Å². The largest absolute Gasteiger partial charge is 0.506 e. The smallest absolute Gasteiger partial charge is 0.142 e. The Morgan fingerprint density at radius 2 is 2.12 bits per heavy atom. The number of aryl methyl sites for hydroxylation is 1. The molecule has 2 N–H and O–H groups in total. The first kappa shape index (κ1) is 13.7. The minimum absolute atomic E-state index is 0.130. The summed E-state index contributed by atoms with van der Waals surface area (Å²) in [6.45, 7) is 1.60. The molecule has 0 amide bonds. The Morgan fingerprint density at radius 1 is 1.38 bits per heavy atom. The van der Waals surface area contributed by atoms with Gasteiger partial charge in [0.15, 0.2) is 0 Å². The number of aromatic nitrogens is 1. The highest BCUT2D eigenvalue weighted by Gasteiger charge is 2.10. The van der Waals surface area contributed by atoms with Crippen LogP contribution in [0.4, 0.5) is 0 Å². The average molecular weight is 259 g/mol. The number of hydrogen-bond acceptors (Lipinski definition) is 5. The van der Waals surface area contributed by atoms with Crippen LogP contribution in [0.25, 0.3) is 0 Å². The number of pyridine rings is 1. The predicted octanol–water partition coefficient (Wildman–Crippen LogP) is 2.18. The molecule has 1 aromatic rings. The Hall–Kier alpha value is -0.390. The minimum atomic E-state index is -0.131. The third-order valence-corrected chi connectivity index (χ3v) is 4.16. The summed E-state index contributed by atoms with van der Waals surface area (Å²) in [5.41, 5.74) is 2.11. The first-order valence-corrected chi connectivity index (χ1v) is 7.59. The summed E-state index contributed by atoms with van der Waals surface area (Å²) >= 11 is 3.61. The van der Waals surface area contributed by atoms with Crippen molar-refractivity contribution in [2.75, 3.05) is 17.8 Å². The highest BCUT2D eigenvalue weighted by Crippen LogP contribution is 2.26. The molecule has 1 rings (SSSR count). The van der Waals surface area contributed by atoms with Crippen LogP contribution >= 0.6 is 23.5 Å². The second kappa shape index (κ2) is 7.04. The molecule has 5 heteroatoms. The summed E-state index contributed by atoms with van der Waals surface area (Å²) in [6.07, 6.45) is 3.83. The van der Waals surface area contributed by atoms with Crippen LogP contribution in [-0.2, 0) is 12.4 Å². The number of aromatic hydroxyl groups is 1. The Labute approximate surface area is 105 Å². The van der Waals surface area contributed by atoms with E-state index >= 15 is 0 Å². The van der Waals surface area contributed by atoms with Crippen LogP contribution in [0.3, 0.4) is 0 Å². The van der Waals surface area contributed by atoms with E-state index in [1.54, 1.807) is 24.9 Å². The van der Waals surface area contributed by atoms with Gasteiger partial charge in [0.25, 0.3) is 0 Å². The molecular formula is C11H17NO2S2. The van der Waals surface area contributed by atoms with E-state index in [0.29, 0.717) is 11.3 Å². The first-order chi connectivity index (χ1) is 7.70. The summed E-state index contributed by atoms with van der Waals surface area (Å²) in [4.78, 5) is 4.11. The third-order valence-electron chi connectivity index (χ3n) is 2.28. The molecule has 0 aliphatic heterocycles. The fourth-order valence-electron chi connectivity index (χ4n) is 1.31. The molecule has 16 heavy (non-hydrogen) atoms. The summed E-state index contributed by atoms with van der Waals surface area (Å²) in [7, 11) is 0. The van der Waals surface area contributed by atoms with E-state index < -0.39 is 0 Å². The Kier molecular flexibility index (Phi) is 6.01. The van der Waals surface area contributed by atoms with Crippen LogP contribution in [0.2, 0.25) is 0 Å². The number of nitrogens with zero attached hydrogens (tertiary/aromatic N) is 1. The van der Waals surface area contributed by atoms with E-state index in [4.69, 9.17) is 0 Å². The molecule has 0 bridgehead atoms. The molecule has 0 atom stereocenters.